The van der Waals surface area contributed by atoms with Gasteiger partial charge in [-0.2, -0.15) is 0 Å². The molecule has 1 fully saturated rings. The first kappa shape index (κ1) is 17.7. The van der Waals surface area contributed by atoms with Crippen LogP contribution in [0, 0.1) is 13.8 Å². The molecule has 1 saturated carbocycles. The molecule has 5 heteroatoms. The largest absolute Gasteiger partial charge is 0.487 e. The lowest BCUT2D eigenvalue weighted by Crippen LogP contribution is -2.33. The number of thiazole rings is 1. The summed E-state index contributed by atoms with van der Waals surface area (Å²) in [6.07, 6.45) is 2.13. The van der Waals surface area contributed by atoms with Crippen LogP contribution in [0.5, 0.6) is 5.75 Å². The van der Waals surface area contributed by atoms with Gasteiger partial charge in [0.15, 0.2) is 0 Å². The molecule has 0 unspecified atom stereocenters. The van der Waals surface area contributed by atoms with Gasteiger partial charge in [-0.1, -0.05) is 18.2 Å². The lowest BCUT2D eigenvalue weighted by atomic mass is 10.1. The molecule has 3 aromatic rings. The van der Waals surface area contributed by atoms with E-state index in [0.29, 0.717) is 18.2 Å². The number of benzene rings is 2. The van der Waals surface area contributed by atoms with Crippen molar-refractivity contribution in [3.05, 3.63) is 75.7 Å². The van der Waals surface area contributed by atoms with Gasteiger partial charge < -0.3 is 9.64 Å². The lowest BCUT2D eigenvalue weighted by Gasteiger charge is -2.25. The van der Waals surface area contributed by atoms with Crippen LogP contribution in [0.3, 0.4) is 0 Å². The summed E-state index contributed by atoms with van der Waals surface area (Å²) in [5, 5.41) is 1.98. The van der Waals surface area contributed by atoms with Crippen LogP contribution in [0.1, 0.15) is 40.0 Å². The Morgan fingerprint density at radius 1 is 1.19 bits per heavy atom. The summed E-state index contributed by atoms with van der Waals surface area (Å²) >= 11 is 1.55. The fraction of sp³-hybridized carbons (Fsp3) is 0.273. The Morgan fingerprint density at radius 2 is 2.00 bits per heavy atom. The van der Waals surface area contributed by atoms with E-state index in [1.165, 1.54) is 0 Å². The Hall–Kier alpha value is -2.66. The first-order chi connectivity index (χ1) is 13.1. The van der Waals surface area contributed by atoms with Gasteiger partial charge in [0.1, 0.15) is 12.4 Å². The zero-order chi connectivity index (χ0) is 18.8. The highest BCUT2D eigenvalue weighted by Crippen LogP contribution is 2.35. The number of amides is 1. The Kier molecular flexibility index (Phi) is 4.94. The topological polar surface area (TPSA) is 42.4 Å². The first-order valence-corrected chi connectivity index (χ1v) is 10.1. The highest BCUT2D eigenvalue weighted by Gasteiger charge is 2.35. The van der Waals surface area contributed by atoms with E-state index in [1.54, 1.807) is 16.8 Å². The van der Waals surface area contributed by atoms with Crippen molar-refractivity contribution in [1.82, 2.24) is 4.98 Å². The van der Waals surface area contributed by atoms with Gasteiger partial charge in [0, 0.05) is 22.7 Å². The van der Waals surface area contributed by atoms with Crippen molar-refractivity contribution in [2.24, 2.45) is 0 Å². The van der Waals surface area contributed by atoms with Crippen molar-refractivity contribution < 1.29 is 9.53 Å². The maximum Gasteiger partial charge on any atom is 0.258 e. The van der Waals surface area contributed by atoms with Crippen LogP contribution < -0.4 is 9.64 Å². The van der Waals surface area contributed by atoms with E-state index in [0.717, 1.165) is 41.1 Å². The molecule has 1 amide bonds. The van der Waals surface area contributed by atoms with E-state index in [-0.39, 0.29) is 5.91 Å². The average molecular weight is 378 g/mol. The Morgan fingerprint density at radius 3 is 2.67 bits per heavy atom. The van der Waals surface area contributed by atoms with Gasteiger partial charge in [0.25, 0.3) is 5.91 Å². The van der Waals surface area contributed by atoms with Crippen molar-refractivity contribution in [3.8, 4) is 5.75 Å². The van der Waals surface area contributed by atoms with Gasteiger partial charge in [-0.15, -0.1) is 11.3 Å². The smallest absolute Gasteiger partial charge is 0.258 e. The number of anilines is 1. The zero-order valence-corrected chi connectivity index (χ0v) is 16.3. The number of hydrogen-bond acceptors (Lipinski definition) is 4. The average Bonchev–Trinajstić information content (AvgIpc) is 3.36. The molecule has 0 aliphatic heterocycles. The van der Waals surface area contributed by atoms with E-state index in [1.807, 2.05) is 53.6 Å². The van der Waals surface area contributed by atoms with Crippen molar-refractivity contribution in [2.45, 2.75) is 39.3 Å². The zero-order valence-electron chi connectivity index (χ0n) is 15.5. The quantitative estimate of drug-likeness (QED) is 0.596. The highest BCUT2D eigenvalue weighted by molar-refractivity contribution is 7.07. The maximum absolute atomic E-state index is 13.3. The number of rotatable bonds is 6. The number of carbonyl (C=O) groups is 1. The van der Waals surface area contributed by atoms with Crippen molar-refractivity contribution >= 4 is 22.9 Å². The van der Waals surface area contributed by atoms with Crippen LogP contribution in [0.2, 0.25) is 0 Å². The predicted molar refractivity (Wildman–Crippen MR) is 109 cm³/mol. The van der Waals surface area contributed by atoms with Crippen LogP contribution in [-0.2, 0) is 6.61 Å². The standard InChI is InChI=1S/C22H22N2O2S/c1-15-5-3-4-6-20(15)24(19-8-9-19)22(25)17-7-10-21(16(2)11-17)26-12-18-13-27-14-23-18/h3-7,10-11,13-14,19H,8-9,12H2,1-2H3. The molecule has 0 spiro atoms. The normalized spacial score (nSPS) is 13.4. The lowest BCUT2D eigenvalue weighted by molar-refractivity contribution is 0.0985. The molecule has 1 aliphatic carbocycles. The summed E-state index contributed by atoms with van der Waals surface area (Å²) in [5.41, 5.74) is 6.49. The Labute approximate surface area is 163 Å². The molecule has 1 aliphatic rings. The fourth-order valence-electron chi connectivity index (χ4n) is 3.18. The Balaban J connectivity index is 1.55. The van der Waals surface area contributed by atoms with E-state index in [2.05, 4.69) is 18.0 Å². The molecule has 0 bridgehead atoms. The van der Waals surface area contributed by atoms with Gasteiger partial charge in [0.2, 0.25) is 0 Å². The van der Waals surface area contributed by atoms with Crippen LogP contribution in [0.4, 0.5) is 5.69 Å². The number of aryl methyl sites for hydroxylation is 2. The minimum atomic E-state index is 0.0564. The van der Waals surface area contributed by atoms with Crippen molar-refractivity contribution in [1.29, 1.82) is 0 Å². The molecule has 0 N–H and O–H groups in total. The van der Waals surface area contributed by atoms with Crippen LogP contribution in [-0.4, -0.2) is 16.9 Å². The summed E-state index contributed by atoms with van der Waals surface area (Å²) in [4.78, 5) is 19.5. The minimum Gasteiger partial charge on any atom is -0.487 e. The van der Waals surface area contributed by atoms with Gasteiger partial charge in [-0.25, -0.2) is 4.98 Å². The molecule has 0 radical (unpaired) electrons. The number of ether oxygens (including phenoxy) is 1. The van der Waals surface area contributed by atoms with E-state index in [4.69, 9.17) is 4.74 Å². The number of carbonyl (C=O) groups excluding carboxylic acids is 1. The number of nitrogens with zero attached hydrogens (tertiary/aromatic N) is 2. The summed E-state index contributed by atoms with van der Waals surface area (Å²) in [6, 6.07) is 14.1. The molecule has 0 saturated heterocycles. The number of hydrogen-bond donors (Lipinski definition) is 0. The summed E-state index contributed by atoms with van der Waals surface area (Å²) in [7, 11) is 0. The maximum atomic E-state index is 13.3. The third-order valence-electron chi connectivity index (χ3n) is 4.79. The monoisotopic (exact) mass is 378 g/mol. The van der Waals surface area contributed by atoms with Crippen LogP contribution >= 0.6 is 11.3 Å². The summed E-state index contributed by atoms with van der Waals surface area (Å²) < 4.78 is 5.86. The number of aromatic nitrogens is 1. The van der Waals surface area contributed by atoms with Gasteiger partial charge >= 0.3 is 0 Å². The van der Waals surface area contributed by atoms with E-state index < -0.39 is 0 Å². The van der Waals surface area contributed by atoms with Crippen LogP contribution in [0.15, 0.2) is 53.4 Å². The molecule has 1 aromatic heterocycles. The third kappa shape index (κ3) is 3.88. The van der Waals surface area contributed by atoms with Gasteiger partial charge in [-0.3, -0.25) is 4.79 Å². The molecular formula is C22H22N2O2S. The number of para-hydroxylation sites is 1. The molecule has 27 heavy (non-hydrogen) atoms. The molecule has 4 rings (SSSR count). The summed E-state index contributed by atoms with van der Waals surface area (Å²) in [6.45, 7) is 4.47. The molecule has 2 aromatic carbocycles. The van der Waals surface area contributed by atoms with E-state index >= 15 is 0 Å². The fourth-order valence-corrected chi connectivity index (χ4v) is 3.73. The predicted octanol–water partition coefficient (Wildman–Crippen LogP) is 5.15. The highest BCUT2D eigenvalue weighted by atomic mass is 32.1. The molecule has 1 heterocycles. The van der Waals surface area contributed by atoms with E-state index in [9.17, 15) is 4.79 Å². The molecule has 0 atom stereocenters. The molecule has 4 nitrogen and oxygen atoms in total. The minimum absolute atomic E-state index is 0.0564. The van der Waals surface area contributed by atoms with Crippen molar-refractivity contribution in [3.63, 3.8) is 0 Å². The summed E-state index contributed by atoms with van der Waals surface area (Å²) in [5.74, 6) is 0.842. The van der Waals surface area contributed by atoms with Crippen molar-refractivity contribution in [2.75, 3.05) is 4.90 Å². The third-order valence-corrected chi connectivity index (χ3v) is 5.42. The molecule has 138 valence electrons. The first-order valence-electron chi connectivity index (χ1n) is 9.13. The Bertz CT molecular complexity index is 949. The second-order valence-corrected chi connectivity index (χ2v) is 7.66. The van der Waals surface area contributed by atoms with Gasteiger partial charge in [0.05, 0.1) is 11.2 Å². The molecular weight excluding hydrogens is 356 g/mol. The SMILES string of the molecule is Cc1cc(C(=O)N(c2ccccc2C)C2CC2)ccc1OCc1cscn1. The van der Waals surface area contributed by atoms with Gasteiger partial charge in [-0.05, 0) is 62.1 Å². The van der Waals surface area contributed by atoms with Crippen LogP contribution in [0.25, 0.3) is 0 Å². The second-order valence-electron chi connectivity index (χ2n) is 6.94. The second kappa shape index (κ2) is 7.53.